The summed E-state index contributed by atoms with van der Waals surface area (Å²) in [7, 11) is -1.71. The number of nitrogens with zero attached hydrogens (tertiary/aromatic N) is 2. The summed E-state index contributed by atoms with van der Waals surface area (Å²) in [5, 5.41) is 0.342. The Kier molecular flexibility index (Phi) is 9.93. The van der Waals surface area contributed by atoms with Gasteiger partial charge in [0.1, 0.15) is 17.8 Å². The van der Waals surface area contributed by atoms with Crippen LogP contribution >= 0.6 is 24.5 Å². The Balaban J connectivity index is 1.36. The molecule has 0 aliphatic heterocycles. The normalized spacial score (nSPS) is 11.2. The van der Waals surface area contributed by atoms with E-state index in [4.69, 9.17) is 18.3 Å². The second-order valence-electron chi connectivity index (χ2n) is 7.89. The van der Waals surface area contributed by atoms with Gasteiger partial charge in [-0.3, -0.25) is 4.79 Å². The lowest BCUT2D eigenvalue weighted by Gasteiger charge is -2.17. The predicted octanol–water partition coefficient (Wildman–Crippen LogP) is 6.01. The van der Waals surface area contributed by atoms with Crippen LogP contribution in [0.25, 0.3) is 11.0 Å². The molecule has 0 fully saturated rings. The molecule has 0 saturated carbocycles. The first-order chi connectivity index (χ1) is 18.0. The molecule has 8 nitrogen and oxygen atoms in total. The Hall–Kier alpha value is -2.94. The average molecular weight is 585 g/mol. The summed E-state index contributed by atoms with van der Waals surface area (Å²) in [5.74, 6) is -0.725. The molecule has 2 aromatic carbocycles. The van der Waals surface area contributed by atoms with Gasteiger partial charge in [-0.25, -0.2) is 9.78 Å². The second-order valence-corrected chi connectivity index (χ2v) is 10.0. The highest BCUT2D eigenvalue weighted by molar-refractivity contribution is 9.10. The molecule has 0 atom stereocenters. The molecule has 0 aliphatic carbocycles. The zero-order valence-electron chi connectivity index (χ0n) is 20.2. The number of pyridine rings is 2. The Morgan fingerprint density at radius 2 is 1.57 bits per heavy atom. The van der Waals surface area contributed by atoms with E-state index in [1.165, 1.54) is 6.20 Å². The van der Waals surface area contributed by atoms with E-state index in [0.717, 1.165) is 11.1 Å². The van der Waals surface area contributed by atoms with Crippen LogP contribution in [0.3, 0.4) is 0 Å². The third-order valence-corrected chi connectivity index (χ3v) is 6.82. The topological polar surface area (TPSA) is 88.9 Å². The zero-order chi connectivity index (χ0) is 26.0. The van der Waals surface area contributed by atoms with Crippen molar-refractivity contribution in [1.29, 1.82) is 0 Å². The minimum absolute atomic E-state index is 0.0453. The molecule has 2 aromatic heterocycles. The number of carbonyl (C=O) groups excluding carboxylic acids is 1. The zero-order valence-corrected chi connectivity index (χ0v) is 22.7. The van der Waals surface area contributed by atoms with Crippen LogP contribution in [0.15, 0.2) is 88.4 Å². The number of esters is 1. The number of hydrogen-bond acceptors (Lipinski definition) is 7. The van der Waals surface area contributed by atoms with E-state index in [2.05, 4.69) is 20.9 Å². The number of aromatic nitrogens is 2. The number of hydrogen-bond donors (Lipinski definition) is 0. The van der Waals surface area contributed by atoms with Gasteiger partial charge < -0.3 is 22.9 Å². The number of halogens is 1. The van der Waals surface area contributed by atoms with Crippen LogP contribution in [0, 0.1) is 0 Å². The van der Waals surface area contributed by atoms with Gasteiger partial charge in [0.15, 0.2) is 0 Å². The van der Waals surface area contributed by atoms with Crippen LogP contribution in [0.5, 0.6) is 0 Å². The first-order valence-corrected chi connectivity index (χ1v) is 13.6. The third kappa shape index (κ3) is 7.53. The fraction of sp³-hybridized carbons (Fsp3) is 0.222. The van der Waals surface area contributed by atoms with Crippen LogP contribution < -0.4 is 5.43 Å². The van der Waals surface area contributed by atoms with Crippen molar-refractivity contribution in [2.75, 3.05) is 13.2 Å². The minimum atomic E-state index is -1.71. The fourth-order valence-electron chi connectivity index (χ4n) is 3.47. The van der Waals surface area contributed by atoms with Gasteiger partial charge in [-0.2, -0.15) is 0 Å². The molecule has 0 radical (unpaired) electrons. The molecule has 0 aliphatic rings. The van der Waals surface area contributed by atoms with Crippen molar-refractivity contribution in [1.82, 2.24) is 9.55 Å². The molecule has 0 N–H and O–H groups in total. The molecule has 0 saturated heterocycles. The standard InChI is InChI=1S/C27H26BrN2O6P/c1-2-30-17-24(25(31)23-15-22(28)16-29-26(23)30)27(32)33-13-14-34-37(35-18-20-9-5-3-6-10-20)36-19-21-11-7-4-8-12-21/h3-12,15-17H,2,13-14,18-19H2,1H3. The molecule has 0 bridgehead atoms. The van der Waals surface area contributed by atoms with Gasteiger partial charge in [-0.1, -0.05) is 60.7 Å². The van der Waals surface area contributed by atoms with Crippen LogP contribution in [0.1, 0.15) is 28.4 Å². The van der Waals surface area contributed by atoms with Crippen LogP contribution in [0.2, 0.25) is 0 Å². The first kappa shape index (κ1) is 27.1. The molecule has 0 amide bonds. The molecule has 0 spiro atoms. The van der Waals surface area contributed by atoms with E-state index in [1.54, 1.807) is 16.8 Å². The molecule has 2 heterocycles. The molecule has 4 rings (SSSR count). The SMILES string of the molecule is CCn1cc(C(=O)OCCOP(OCc2ccccc2)OCc2ccccc2)c(=O)c2cc(Br)cnc21. The van der Waals surface area contributed by atoms with Crippen molar-refractivity contribution in [3.05, 3.63) is 111 Å². The highest BCUT2D eigenvalue weighted by Gasteiger charge is 2.19. The second kappa shape index (κ2) is 13.6. The Morgan fingerprint density at radius 3 is 2.16 bits per heavy atom. The van der Waals surface area contributed by atoms with Gasteiger partial charge in [-0.15, -0.1) is 0 Å². The van der Waals surface area contributed by atoms with Gasteiger partial charge in [-0.05, 0) is 40.0 Å². The van der Waals surface area contributed by atoms with Crippen molar-refractivity contribution in [2.45, 2.75) is 26.7 Å². The number of benzene rings is 2. The van der Waals surface area contributed by atoms with E-state index in [9.17, 15) is 9.59 Å². The van der Waals surface area contributed by atoms with E-state index < -0.39 is 20.0 Å². The molecular formula is C27H26BrN2O6P. The summed E-state index contributed by atoms with van der Waals surface area (Å²) in [6.07, 6.45) is 3.09. The average Bonchev–Trinajstić information content (AvgIpc) is 2.93. The first-order valence-electron chi connectivity index (χ1n) is 11.7. The monoisotopic (exact) mass is 584 g/mol. The summed E-state index contributed by atoms with van der Waals surface area (Å²) in [4.78, 5) is 30.0. The largest absolute Gasteiger partial charge is 0.459 e. The van der Waals surface area contributed by atoms with E-state index >= 15 is 0 Å². The number of aryl methyl sites for hydroxylation is 1. The molecular weight excluding hydrogens is 559 g/mol. The van der Waals surface area contributed by atoms with Crippen molar-refractivity contribution in [3.8, 4) is 0 Å². The number of fused-ring (bicyclic) bond motifs is 1. The summed E-state index contributed by atoms with van der Waals surface area (Å²) < 4.78 is 25.3. The van der Waals surface area contributed by atoms with Gasteiger partial charge in [0, 0.05) is 23.4 Å². The van der Waals surface area contributed by atoms with Crippen LogP contribution in [0.4, 0.5) is 0 Å². The van der Waals surface area contributed by atoms with Crippen LogP contribution in [-0.2, 0) is 38.1 Å². The molecule has 37 heavy (non-hydrogen) atoms. The van der Waals surface area contributed by atoms with E-state index in [0.29, 0.717) is 35.3 Å². The van der Waals surface area contributed by atoms with Crippen molar-refractivity contribution >= 4 is 41.5 Å². The Labute approximate surface area is 224 Å². The summed E-state index contributed by atoms with van der Waals surface area (Å²) in [5.41, 5.74) is 1.99. The molecule has 0 unspecified atom stereocenters. The molecule has 10 heteroatoms. The number of rotatable bonds is 12. The van der Waals surface area contributed by atoms with Gasteiger partial charge in [0.05, 0.1) is 25.2 Å². The minimum Gasteiger partial charge on any atom is -0.459 e. The lowest BCUT2D eigenvalue weighted by atomic mass is 10.2. The maximum atomic E-state index is 12.9. The fourth-order valence-corrected chi connectivity index (χ4v) is 4.76. The van der Waals surface area contributed by atoms with Crippen molar-refractivity contribution in [2.24, 2.45) is 0 Å². The lowest BCUT2D eigenvalue weighted by Crippen LogP contribution is -2.22. The van der Waals surface area contributed by atoms with Crippen molar-refractivity contribution < 1.29 is 23.1 Å². The highest BCUT2D eigenvalue weighted by Crippen LogP contribution is 2.41. The van der Waals surface area contributed by atoms with Gasteiger partial charge >= 0.3 is 14.6 Å². The Morgan fingerprint density at radius 1 is 0.946 bits per heavy atom. The summed E-state index contributed by atoms with van der Waals surface area (Å²) in [6.45, 7) is 3.06. The maximum absolute atomic E-state index is 12.9. The smallest absolute Gasteiger partial charge is 0.343 e. The maximum Gasteiger partial charge on any atom is 0.343 e. The predicted molar refractivity (Wildman–Crippen MR) is 145 cm³/mol. The van der Waals surface area contributed by atoms with Crippen molar-refractivity contribution in [3.63, 3.8) is 0 Å². The lowest BCUT2D eigenvalue weighted by molar-refractivity contribution is 0.0419. The van der Waals surface area contributed by atoms with Gasteiger partial charge in [0.2, 0.25) is 5.43 Å². The third-order valence-electron chi connectivity index (χ3n) is 5.31. The highest BCUT2D eigenvalue weighted by atomic mass is 79.9. The summed E-state index contributed by atoms with van der Waals surface area (Å²) >= 11 is 3.33. The quantitative estimate of drug-likeness (QED) is 0.114. The summed E-state index contributed by atoms with van der Waals surface area (Å²) in [6, 6.07) is 21.0. The number of ether oxygens (including phenoxy) is 1. The van der Waals surface area contributed by atoms with E-state index in [-0.39, 0.29) is 18.8 Å². The Bertz CT molecular complexity index is 1340. The number of carbonyl (C=O) groups is 1. The molecule has 4 aromatic rings. The van der Waals surface area contributed by atoms with Gasteiger partial charge in [0.25, 0.3) is 0 Å². The molecule has 192 valence electrons. The van der Waals surface area contributed by atoms with E-state index in [1.807, 2.05) is 67.6 Å². The van der Waals surface area contributed by atoms with Crippen LogP contribution in [-0.4, -0.2) is 28.7 Å².